The van der Waals surface area contributed by atoms with E-state index in [-0.39, 0.29) is 63.2 Å². The van der Waals surface area contributed by atoms with Crippen LogP contribution in [0.2, 0.25) is 0 Å². The summed E-state index contributed by atoms with van der Waals surface area (Å²) in [5, 5.41) is 109. The van der Waals surface area contributed by atoms with E-state index in [4.69, 9.17) is 9.47 Å². The van der Waals surface area contributed by atoms with Crippen molar-refractivity contribution in [1.29, 1.82) is 0 Å². The monoisotopic (exact) mass is 786 g/mol. The summed E-state index contributed by atoms with van der Waals surface area (Å²) in [6.07, 6.45) is -4.72. The number of phenols is 9. The van der Waals surface area contributed by atoms with Crippen molar-refractivity contribution in [2.24, 2.45) is 11.8 Å². The third-order valence-electron chi connectivity index (χ3n) is 11.0. The predicted molar refractivity (Wildman–Crippen MR) is 206 cm³/mol. The Balaban J connectivity index is 1.37. The number of hydrogen-bond donors (Lipinski definition) is 10. The number of aliphatic hydroxyl groups excluding tert-OH is 1. The van der Waals surface area contributed by atoms with Crippen molar-refractivity contribution in [3.8, 4) is 57.5 Å². The van der Waals surface area contributed by atoms with E-state index >= 15 is 4.79 Å². The minimum Gasteiger partial charge on any atom is -0.508 e. The van der Waals surface area contributed by atoms with Crippen LogP contribution in [-0.4, -0.2) is 63.0 Å². The molecular formula is C45H38O13. The first kappa shape index (κ1) is 37.8. The van der Waals surface area contributed by atoms with Crippen molar-refractivity contribution in [3.05, 3.63) is 154 Å². The topological polar surface area (TPSA) is 238 Å². The number of phenolic OH excluding ortho intramolecular Hbond substituents is 9. The molecule has 0 radical (unpaired) electrons. The van der Waals surface area contributed by atoms with E-state index in [0.717, 1.165) is 12.1 Å². The molecule has 296 valence electrons. The first-order valence-electron chi connectivity index (χ1n) is 18.3. The molecule has 6 aromatic carbocycles. The lowest BCUT2D eigenvalue weighted by Gasteiger charge is -2.36. The second-order valence-corrected chi connectivity index (χ2v) is 14.6. The van der Waals surface area contributed by atoms with E-state index in [9.17, 15) is 51.1 Å². The van der Waals surface area contributed by atoms with Crippen LogP contribution in [0.1, 0.15) is 68.0 Å². The van der Waals surface area contributed by atoms with Gasteiger partial charge in [-0.15, -0.1) is 0 Å². The maximum Gasteiger partial charge on any atom is 0.173 e. The van der Waals surface area contributed by atoms with E-state index in [2.05, 4.69) is 0 Å². The normalized spacial score (nSPS) is 21.8. The van der Waals surface area contributed by atoms with Crippen LogP contribution in [0.5, 0.6) is 57.5 Å². The van der Waals surface area contributed by atoms with E-state index in [1.54, 1.807) is 24.3 Å². The molecule has 1 saturated heterocycles. The third-order valence-corrected chi connectivity index (χ3v) is 11.0. The van der Waals surface area contributed by atoms with Gasteiger partial charge in [-0.3, -0.25) is 4.79 Å². The number of rotatable bonds is 8. The number of Topliss-reactive ketones (excluding diaryl/α,β-unsaturated/α-hetero) is 1. The highest BCUT2D eigenvalue weighted by Gasteiger charge is 2.55. The lowest BCUT2D eigenvalue weighted by Crippen LogP contribution is -2.32. The molecule has 1 unspecified atom stereocenters. The summed E-state index contributed by atoms with van der Waals surface area (Å²) in [7, 11) is 0. The van der Waals surface area contributed by atoms with Crippen LogP contribution in [0.25, 0.3) is 0 Å². The second kappa shape index (κ2) is 14.8. The van der Waals surface area contributed by atoms with Crippen molar-refractivity contribution in [2.75, 3.05) is 0 Å². The fraction of sp³-hybridized carbons (Fsp3) is 0.178. The van der Waals surface area contributed by atoms with Crippen LogP contribution in [0.3, 0.4) is 0 Å². The highest BCUT2D eigenvalue weighted by atomic mass is 16.5. The van der Waals surface area contributed by atoms with Gasteiger partial charge in [0.1, 0.15) is 63.6 Å². The van der Waals surface area contributed by atoms with Gasteiger partial charge in [0.25, 0.3) is 0 Å². The Bertz CT molecular complexity index is 2500. The summed E-state index contributed by atoms with van der Waals surface area (Å²) >= 11 is 0. The minimum atomic E-state index is -1.33. The maximum atomic E-state index is 15.1. The van der Waals surface area contributed by atoms with Crippen molar-refractivity contribution < 1.29 is 65.3 Å². The minimum absolute atomic E-state index is 0.00883. The zero-order chi connectivity index (χ0) is 41.0. The highest BCUT2D eigenvalue weighted by molar-refractivity contribution is 6.01. The van der Waals surface area contributed by atoms with E-state index < -0.39 is 71.0 Å². The van der Waals surface area contributed by atoms with Crippen LogP contribution in [0.15, 0.2) is 115 Å². The summed E-state index contributed by atoms with van der Waals surface area (Å²) in [6.45, 7) is 0. The van der Waals surface area contributed by atoms with E-state index in [0.29, 0.717) is 16.7 Å². The Kier molecular flexibility index (Phi) is 9.63. The molecule has 1 fully saturated rings. The average Bonchev–Trinajstić information content (AvgIpc) is 3.57. The Morgan fingerprint density at radius 3 is 1.69 bits per heavy atom. The van der Waals surface area contributed by atoms with Gasteiger partial charge >= 0.3 is 0 Å². The molecule has 0 spiro atoms. The molecule has 0 aromatic heterocycles. The number of fused-ring (bicyclic) bond motifs is 1. The van der Waals surface area contributed by atoms with Gasteiger partial charge in [0, 0.05) is 53.1 Å². The number of aromatic hydroxyl groups is 9. The predicted octanol–water partition coefficient (Wildman–Crippen LogP) is 6.83. The zero-order valence-electron chi connectivity index (χ0n) is 30.4. The molecule has 0 aliphatic carbocycles. The number of benzene rings is 6. The standard InChI is InChI=1S/C45H38O13/c46-24-7-1-21(2-8-24)37(38-34(53)20-36-31(42(38)56)19-35(54)43(57-36)22-3-9-25(47)10-4-22)39-40(41(55)29-15-13-27(49)17-32(29)51)44(23-5-11-26(48)12-6-23)58-45(39)30-16-14-28(50)18-33(30)52/h1-18,20,35,37,39-40,43-54,56H,19H2/t35-,37?,39-,40+,43+,44+,45-/m1/s1. The van der Waals surface area contributed by atoms with Crippen molar-refractivity contribution in [3.63, 3.8) is 0 Å². The van der Waals surface area contributed by atoms with Crippen LogP contribution in [-0.2, 0) is 11.2 Å². The first-order chi connectivity index (χ1) is 27.8. The van der Waals surface area contributed by atoms with E-state index in [1.165, 1.54) is 78.9 Å². The number of aliphatic hydroxyl groups is 1. The van der Waals surface area contributed by atoms with Crippen molar-refractivity contribution in [2.45, 2.75) is 36.8 Å². The number of ketones is 1. The molecule has 10 N–H and O–H groups in total. The molecule has 13 heteroatoms. The Morgan fingerprint density at radius 1 is 0.569 bits per heavy atom. The smallest absolute Gasteiger partial charge is 0.173 e. The van der Waals surface area contributed by atoms with Gasteiger partial charge in [-0.05, 0) is 77.4 Å². The quantitative estimate of drug-likeness (QED) is 0.0713. The average molecular weight is 787 g/mol. The Hall–Kier alpha value is -7.09. The molecular weight excluding hydrogens is 748 g/mol. The molecule has 2 aliphatic rings. The van der Waals surface area contributed by atoms with Gasteiger partial charge in [-0.2, -0.15) is 0 Å². The lowest BCUT2D eigenvalue weighted by molar-refractivity contribution is 0.0194. The van der Waals surface area contributed by atoms with E-state index in [1.807, 2.05) is 0 Å². The number of carbonyl (C=O) groups excluding carboxylic acids is 1. The van der Waals surface area contributed by atoms with Crippen LogP contribution < -0.4 is 4.74 Å². The van der Waals surface area contributed by atoms with Gasteiger partial charge in [0.2, 0.25) is 0 Å². The summed E-state index contributed by atoms with van der Waals surface area (Å²) in [6, 6.07) is 26.3. The molecule has 58 heavy (non-hydrogen) atoms. The molecule has 2 aliphatic heterocycles. The molecule has 0 saturated carbocycles. The fourth-order valence-electron chi connectivity index (χ4n) is 8.38. The van der Waals surface area contributed by atoms with Crippen molar-refractivity contribution in [1.82, 2.24) is 0 Å². The second-order valence-electron chi connectivity index (χ2n) is 14.6. The fourth-order valence-corrected chi connectivity index (χ4v) is 8.38. The van der Waals surface area contributed by atoms with Crippen LogP contribution >= 0.6 is 0 Å². The molecule has 13 nitrogen and oxygen atoms in total. The third kappa shape index (κ3) is 6.76. The highest BCUT2D eigenvalue weighted by Crippen LogP contribution is 2.61. The van der Waals surface area contributed by atoms with Gasteiger partial charge < -0.3 is 60.5 Å². The van der Waals surface area contributed by atoms with Crippen molar-refractivity contribution >= 4 is 5.78 Å². The van der Waals surface area contributed by atoms with Gasteiger partial charge in [0.15, 0.2) is 5.78 Å². The summed E-state index contributed by atoms with van der Waals surface area (Å²) in [5.41, 5.74) is 1.23. The SMILES string of the molecule is O=C(c1ccc(O)cc1O)[C@@H]1[C@@H](C(c2ccc(O)cc2)c2c(O)cc3c(c2O)C[C@@H](O)[C@H](c2ccc(O)cc2)O3)[C@@H](c2ccc(O)cc2O)O[C@H]1c1ccc(O)cc1. The first-order valence-corrected chi connectivity index (χ1v) is 18.3. The van der Waals surface area contributed by atoms with Gasteiger partial charge in [-0.25, -0.2) is 0 Å². The summed E-state index contributed by atoms with van der Waals surface area (Å²) in [4.78, 5) is 15.1. The van der Waals surface area contributed by atoms with Gasteiger partial charge in [0.05, 0.1) is 29.8 Å². The Morgan fingerprint density at radius 2 is 1.10 bits per heavy atom. The number of ether oxygens (including phenoxy) is 2. The number of carbonyl (C=O) groups is 1. The molecule has 2 heterocycles. The molecule has 8 rings (SSSR count). The number of hydrogen-bond acceptors (Lipinski definition) is 13. The molecule has 6 aromatic rings. The molecule has 0 bridgehead atoms. The molecule has 7 atom stereocenters. The Labute approximate surface area is 330 Å². The zero-order valence-corrected chi connectivity index (χ0v) is 30.4. The summed E-state index contributed by atoms with van der Waals surface area (Å²) < 4.78 is 13.0. The largest absolute Gasteiger partial charge is 0.508 e. The van der Waals surface area contributed by atoms with Crippen LogP contribution in [0, 0.1) is 11.8 Å². The molecule has 0 amide bonds. The lowest BCUT2D eigenvalue weighted by atomic mass is 9.67. The maximum absolute atomic E-state index is 15.1. The van der Waals surface area contributed by atoms with Crippen LogP contribution in [0.4, 0.5) is 0 Å². The van der Waals surface area contributed by atoms with Gasteiger partial charge in [-0.1, -0.05) is 36.4 Å². The summed E-state index contributed by atoms with van der Waals surface area (Å²) in [5.74, 6) is -7.03.